The number of aliphatic hydroxyl groups is 1. The van der Waals surface area contributed by atoms with Crippen molar-refractivity contribution in [2.24, 2.45) is 11.3 Å². The minimum atomic E-state index is -0.267. The van der Waals surface area contributed by atoms with Crippen LogP contribution in [0, 0.1) is 11.3 Å². The molecule has 0 bridgehead atoms. The molecule has 2 atom stereocenters. The zero-order valence-electron chi connectivity index (χ0n) is 11.9. The molecule has 0 saturated carbocycles. The van der Waals surface area contributed by atoms with Crippen molar-refractivity contribution in [1.82, 2.24) is 0 Å². The third-order valence-electron chi connectivity index (χ3n) is 3.43. The summed E-state index contributed by atoms with van der Waals surface area (Å²) in [5, 5.41) is 10.4. The van der Waals surface area contributed by atoms with Crippen LogP contribution in [0.15, 0.2) is 0 Å². The maximum Gasteiger partial charge on any atom is 0.0687 e. The fraction of sp³-hybridized carbons (Fsp3) is 1.00. The molecule has 1 aliphatic rings. The number of hydrogen-bond donors (Lipinski definition) is 1. The topological polar surface area (TPSA) is 29.5 Å². The molecule has 0 radical (unpaired) electrons. The third-order valence-corrected chi connectivity index (χ3v) is 3.43. The number of hydrogen-bond acceptors (Lipinski definition) is 2. The second-order valence-corrected chi connectivity index (χ2v) is 7.61. The molecule has 0 aromatic rings. The smallest absolute Gasteiger partial charge is 0.0687 e. The van der Waals surface area contributed by atoms with Crippen LogP contribution in [0.4, 0.5) is 0 Å². The average molecular weight is 228 g/mol. The lowest BCUT2D eigenvalue weighted by Gasteiger charge is -2.33. The predicted molar refractivity (Wildman–Crippen MR) is 67.4 cm³/mol. The van der Waals surface area contributed by atoms with E-state index in [1.165, 1.54) is 0 Å². The summed E-state index contributed by atoms with van der Waals surface area (Å²) in [7, 11) is 0. The molecule has 16 heavy (non-hydrogen) atoms. The fourth-order valence-electron chi connectivity index (χ4n) is 2.97. The quantitative estimate of drug-likeness (QED) is 0.785. The van der Waals surface area contributed by atoms with E-state index in [0.717, 1.165) is 12.8 Å². The van der Waals surface area contributed by atoms with Crippen LogP contribution in [0.2, 0.25) is 0 Å². The van der Waals surface area contributed by atoms with Gasteiger partial charge >= 0.3 is 0 Å². The fourth-order valence-corrected chi connectivity index (χ4v) is 2.97. The van der Waals surface area contributed by atoms with Gasteiger partial charge in [0.2, 0.25) is 0 Å². The van der Waals surface area contributed by atoms with Crippen molar-refractivity contribution in [3.05, 3.63) is 0 Å². The Kier molecular flexibility index (Phi) is 3.49. The highest BCUT2D eigenvalue weighted by atomic mass is 16.5. The Morgan fingerprint density at radius 2 is 1.75 bits per heavy atom. The summed E-state index contributed by atoms with van der Waals surface area (Å²) in [6.45, 7) is 14.9. The molecule has 1 saturated heterocycles. The van der Waals surface area contributed by atoms with E-state index < -0.39 is 0 Å². The van der Waals surface area contributed by atoms with Crippen LogP contribution >= 0.6 is 0 Å². The largest absolute Gasteiger partial charge is 0.393 e. The predicted octanol–water partition coefficient (Wildman–Crippen LogP) is 3.38. The van der Waals surface area contributed by atoms with E-state index in [-0.39, 0.29) is 28.6 Å². The number of ether oxygens (including phenoxy) is 1. The lowest BCUT2D eigenvalue weighted by molar-refractivity contribution is -0.0904. The zero-order chi connectivity index (χ0) is 12.8. The van der Waals surface area contributed by atoms with Gasteiger partial charge in [0.05, 0.1) is 17.3 Å². The van der Waals surface area contributed by atoms with E-state index in [9.17, 15) is 5.11 Å². The molecular formula is C14H28O2. The van der Waals surface area contributed by atoms with E-state index in [1.807, 2.05) is 0 Å². The molecule has 1 rings (SSSR count). The molecule has 1 heterocycles. The van der Waals surface area contributed by atoms with Gasteiger partial charge in [-0.3, -0.25) is 0 Å². The lowest BCUT2D eigenvalue weighted by Crippen LogP contribution is -2.38. The average Bonchev–Trinajstić information content (AvgIpc) is 2.14. The Balaban J connectivity index is 2.73. The zero-order valence-corrected chi connectivity index (χ0v) is 11.9. The Hall–Kier alpha value is -0.0800. The normalized spacial score (nSPS) is 30.4. The van der Waals surface area contributed by atoms with Gasteiger partial charge in [-0.1, -0.05) is 20.8 Å². The molecule has 0 amide bonds. The SMILES string of the molecule is CC(C)(C)CC(O)C1CC(C)(C)OC1(C)C. The molecule has 2 nitrogen and oxygen atoms in total. The van der Waals surface area contributed by atoms with E-state index in [0.29, 0.717) is 0 Å². The minimum absolute atomic E-state index is 0.104. The van der Waals surface area contributed by atoms with Crippen molar-refractivity contribution in [2.75, 3.05) is 0 Å². The Morgan fingerprint density at radius 3 is 2.06 bits per heavy atom. The van der Waals surface area contributed by atoms with Gasteiger partial charge in [-0.25, -0.2) is 0 Å². The van der Waals surface area contributed by atoms with Crippen LogP contribution in [0.5, 0.6) is 0 Å². The highest BCUT2D eigenvalue weighted by molar-refractivity contribution is 4.97. The van der Waals surface area contributed by atoms with Crippen LogP contribution in [0.25, 0.3) is 0 Å². The van der Waals surface area contributed by atoms with Crippen molar-refractivity contribution in [3.8, 4) is 0 Å². The van der Waals surface area contributed by atoms with Gasteiger partial charge in [0.25, 0.3) is 0 Å². The Labute approximate surface area is 100 Å². The Bertz CT molecular complexity index is 248. The molecule has 2 unspecified atom stereocenters. The molecule has 0 aliphatic carbocycles. The van der Waals surface area contributed by atoms with Crippen molar-refractivity contribution in [2.45, 2.75) is 78.6 Å². The first-order chi connectivity index (χ1) is 6.93. The first-order valence-corrected chi connectivity index (χ1v) is 6.31. The van der Waals surface area contributed by atoms with E-state index in [2.05, 4.69) is 48.5 Å². The van der Waals surface area contributed by atoms with Gasteiger partial charge in [0, 0.05) is 5.92 Å². The summed E-state index contributed by atoms with van der Waals surface area (Å²) in [5.41, 5.74) is -0.149. The van der Waals surface area contributed by atoms with E-state index >= 15 is 0 Å². The molecule has 0 spiro atoms. The van der Waals surface area contributed by atoms with Crippen molar-refractivity contribution in [3.63, 3.8) is 0 Å². The van der Waals surface area contributed by atoms with Gasteiger partial charge in [0.1, 0.15) is 0 Å². The van der Waals surface area contributed by atoms with Crippen LogP contribution in [-0.2, 0) is 4.74 Å². The van der Waals surface area contributed by atoms with Crippen LogP contribution in [0.3, 0.4) is 0 Å². The first-order valence-electron chi connectivity index (χ1n) is 6.31. The van der Waals surface area contributed by atoms with Crippen LogP contribution in [-0.4, -0.2) is 22.4 Å². The molecule has 2 heteroatoms. The summed E-state index contributed by atoms with van der Waals surface area (Å²) in [6.07, 6.45) is 1.51. The summed E-state index contributed by atoms with van der Waals surface area (Å²) in [4.78, 5) is 0. The highest BCUT2D eigenvalue weighted by Gasteiger charge is 2.49. The minimum Gasteiger partial charge on any atom is -0.393 e. The van der Waals surface area contributed by atoms with Gasteiger partial charge in [-0.15, -0.1) is 0 Å². The van der Waals surface area contributed by atoms with E-state index in [1.54, 1.807) is 0 Å². The molecule has 1 fully saturated rings. The standard InChI is InChI=1S/C14H28O2/c1-12(2,3)9-11(15)10-8-13(4,5)16-14(10,6)7/h10-11,15H,8-9H2,1-7H3. The van der Waals surface area contributed by atoms with Gasteiger partial charge in [0.15, 0.2) is 0 Å². The van der Waals surface area contributed by atoms with E-state index in [4.69, 9.17) is 4.74 Å². The number of aliphatic hydroxyl groups excluding tert-OH is 1. The highest BCUT2D eigenvalue weighted by Crippen LogP contribution is 2.45. The lowest BCUT2D eigenvalue weighted by atomic mass is 9.77. The molecule has 1 N–H and O–H groups in total. The third kappa shape index (κ3) is 3.46. The molecule has 0 aromatic carbocycles. The number of rotatable bonds is 2. The monoisotopic (exact) mass is 228 g/mol. The summed E-state index contributed by atoms with van der Waals surface area (Å²) >= 11 is 0. The van der Waals surface area contributed by atoms with Crippen LogP contribution < -0.4 is 0 Å². The molecule has 0 aromatic heterocycles. The maximum absolute atomic E-state index is 10.4. The maximum atomic E-state index is 10.4. The second kappa shape index (κ2) is 3.99. The summed E-state index contributed by atoms with van der Waals surface area (Å²) < 4.78 is 6.02. The molecular weight excluding hydrogens is 200 g/mol. The Morgan fingerprint density at radius 1 is 1.25 bits per heavy atom. The van der Waals surface area contributed by atoms with Gasteiger partial charge in [-0.2, -0.15) is 0 Å². The van der Waals surface area contributed by atoms with Gasteiger partial charge in [-0.05, 0) is 46.0 Å². The van der Waals surface area contributed by atoms with Crippen molar-refractivity contribution in [1.29, 1.82) is 0 Å². The molecule has 96 valence electrons. The van der Waals surface area contributed by atoms with Gasteiger partial charge < -0.3 is 9.84 Å². The molecule has 1 aliphatic heterocycles. The first kappa shape index (κ1) is 14.0. The van der Waals surface area contributed by atoms with Crippen molar-refractivity contribution < 1.29 is 9.84 Å². The summed E-state index contributed by atoms with van der Waals surface area (Å²) in [6, 6.07) is 0. The summed E-state index contributed by atoms with van der Waals surface area (Å²) in [5.74, 6) is 0.238. The van der Waals surface area contributed by atoms with Crippen LogP contribution in [0.1, 0.15) is 61.3 Å². The van der Waals surface area contributed by atoms with Crippen molar-refractivity contribution >= 4 is 0 Å². The second-order valence-electron chi connectivity index (χ2n) is 7.61.